The lowest BCUT2D eigenvalue weighted by molar-refractivity contribution is -0.132. The highest BCUT2D eigenvalue weighted by Crippen LogP contribution is 2.28. The summed E-state index contributed by atoms with van der Waals surface area (Å²) < 4.78 is 0. The van der Waals surface area contributed by atoms with Gasteiger partial charge in [0, 0.05) is 26.2 Å². The van der Waals surface area contributed by atoms with Gasteiger partial charge in [-0.25, -0.2) is 0 Å². The highest BCUT2D eigenvalue weighted by Gasteiger charge is 2.33. The fourth-order valence-electron chi connectivity index (χ4n) is 3.30. The van der Waals surface area contributed by atoms with Crippen LogP contribution in [0.1, 0.15) is 36.8 Å². The van der Waals surface area contributed by atoms with E-state index in [1.54, 1.807) is 0 Å². The van der Waals surface area contributed by atoms with E-state index in [0.29, 0.717) is 11.8 Å². The monoisotopic (exact) mass is 258 g/mol. The third-order valence-electron chi connectivity index (χ3n) is 4.57. The summed E-state index contributed by atoms with van der Waals surface area (Å²) in [6.07, 6.45) is 2.35. The van der Waals surface area contributed by atoms with Crippen LogP contribution in [0.3, 0.4) is 0 Å². The summed E-state index contributed by atoms with van der Waals surface area (Å²) in [5.74, 6) is 1.03. The van der Waals surface area contributed by atoms with Crippen LogP contribution in [0.15, 0.2) is 24.3 Å². The number of carbonyl (C=O) groups is 1. The summed E-state index contributed by atoms with van der Waals surface area (Å²) in [4.78, 5) is 14.8. The standard InChI is InChI=1S/C16H22N2O/c1-2-12-7-8-18(11-12)16(19)15-10-17-9-13-5-3-4-6-14(13)15/h3-6,12,15,17H,2,7-11H2,1H3. The van der Waals surface area contributed by atoms with Crippen LogP contribution in [0.4, 0.5) is 0 Å². The van der Waals surface area contributed by atoms with Crippen molar-refractivity contribution in [2.45, 2.75) is 32.2 Å². The first-order chi connectivity index (χ1) is 9.29. The second kappa shape index (κ2) is 5.33. The summed E-state index contributed by atoms with van der Waals surface area (Å²) in [6, 6.07) is 8.34. The van der Waals surface area contributed by atoms with Crippen LogP contribution in [0.5, 0.6) is 0 Å². The zero-order chi connectivity index (χ0) is 13.2. The molecular formula is C16H22N2O. The summed E-state index contributed by atoms with van der Waals surface area (Å²) in [5, 5.41) is 3.37. The van der Waals surface area contributed by atoms with Crippen molar-refractivity contribution in [2.75, 3.05) is 19.6 Å². The van der Waals surface area contributed by atoms with Gasteiger partial charge in [0.05, 0.1) is 5.92 Å². The van der Waals surface area contributed by atoms with E-state index in [1.165, 1.54) is 24.0 Å². The van der Waals surface area contributed by atoms with Crippen LogP contribution in [0.2, 0.25) is 0 Å². The van der Waals surface area contributed by atoms with Crippen LogP contribution in [0, 0.1) is 5.92 Å². The first-order valence-corrected chi connectivity index (χ1v) is 7.37. The lowest BCUT2D eigenvalue weighted by Crippen LogP contribution is -2.40. The second-order valence-electron chi connectivity index (χ2n) is 5.73. The number of rotatable bonds is 2. The molecule has 1 amide bonds. The van der Waals surface area contributed by atoms with Crippen LogP contribution >= 0.6 is 0 Å². The fraction of sp³-hybridized carbons (Fsp3) is 0.562. The molecule has 0 aliphatic carbocycles. The molecule has 0 bridgehead atoms. The third-order valence-corrected chi connectivity index (χ3v) is 4.57. The first-order valence-electron chi connectivity index (χ1n) is 7.37. The predicted molar refractivity (Wildman–Crippen MR) is 75.9 cm³/mol. The average molecular weight is 258 g/mol. The van der Waals surface area contributed by atoms with E-state index in [4.69, 9.17) is 0 Å². The Hall–Kier alpha value is -1.35. The molecule has 19 heavy (non-hydrogen) atoms. The van der Waals surface area contributed by atoms with Gasteiger partial charge in [-0.3, -0.25) is 4.79 Å². The van der Waals surface area contributed by atoms with Gasteiger partial charge < -0.3 is 10.2 Å². The maximum absolute atomic E-state index is 12.7. The van der Waals surface area contributed by atoms with Gasteiger partial charge >= 0.3 is 0 Å². The van der Waals surface area contributed by atoms with Gasteiger partial charge in [0.15, 0.2) is 0 Å². The Morgan fingerprint density at radius 2 is 2.26 bits per heavy atom. The Kier molecular flexibility index (Phi) is 3.56. The van der Waals surface area contributed by atoms with Gasteiger partial charge in [0.1, 0.15) is 0 Å². The van der Waals surface area contributed by atoms with Crippen molar-refractivity contribution in [1.82, 2.24) is 10.2 Å². The maximum atomic E-state index is 12.7. The quantitative estimate of drug-likeness (QED) is 0.881. The Balaban J connectivity index is 1.78. The summed E-state index contributed by atoms with van der Waals surface area (Å²) >= 11 is 0. The Morgan fingerprint density at radius 3 is 3.05 bits per heavy atom. The van der Waals surface area contributed by atoms with Crippen molar-refractivity contribution < 1.29 is 4.79 Å². The Labute approximate surface area is 115 Å². The molecule has 1 aromatic carbocycles. The summed E-state index contributed by atoms with van der Waals surface area (Å²) in [7, 11) is 0. The van der Waals surface area contributed by atoms with Gasteiger partial charge in [-0.1, -0.05) is 37.6 Å². The van der Waals surface area contributed by atoms with Gasteiger partial charge in [-0.05, 0) is 23.5 Å². The summed E-state index contributed by atoms with van der Waals surface area (Å²) in [5.41, 5.74) is 2.50. The van der Waals surface area contributed by atoms with E-state index in [0.717, 1.165) is 26.2 Å². The first kappa shape index (κ1) is 12.7. The molecule has 2 heterocycles. The second-order valence-corrected chi connectivity index (χ2v) is 5.73. The fourth-order valence-corrected chi connectivity index (χ4v) is 3.30. The number of hydrogen-bond donors (Lipinski definition) is 1. The van der Waals surface area contributed by atoms with E-state index >= 15 is 0 Å². The van der Waals surface area contributed by atoms with Crippen LogP contribution in [0.25, 0.3) is 0 Å². The highest BCUT2D eigenvalue weighted by atomic mass is 16.2. The van der Waals surface area contributed by atoms with Gasteiger partial charge in [-0.2, -0.15) is 0 Å². The zero-order valence-electron chi connectivity index (χ0n) is 11.6. The SMILES string of the molecule is CCC1CCN(C(=O)C2CNCc3ccccc32)C1. The number of fused-ring (bicyclic) bond motifs is 1. The largest absolute Gasteiger partial charge is 0.342 e. The normalized spacial score (nSPS) is 26.3. The van der Waals surface area contributed by atoms with Crippen molar-refractivity contribution in [1.29, 1.82) is 0 Å². The van der Waals surface area contributed by atoms with Crippen molar-refractivity contribution in [3.8, 4) is 0 Å². The minimum absolute atomic E-state index is 0.0144. The van der Waals surface area contributed by atoms with E-state index in [1.807, 2.05) is 6.07 Å². The van der Waals surface area contributed by atoms with Gasteiger partial charge in [-0.15, -0.1) is 0 Å². The number of nitrogens with zero attached hydrogens (tertiary/aromatic N) is 1. The van der Waals surface area contributed by atoms with Gasteiger partial charge in [0.2, 0.25) is 5.91 Å². The minimum atomic E-state index is 0.0144. The van der Waals surface area contributed by atoms with E-state index in [9.17, 15) is 4.79 Å². The average Bonchev–Trinajstić information content (AvgIpc) is 2.95. The molecule has 1 saturated heterocycles. The van der Waals surface area contributed by atoms with E-state index in [2.05, 4.69) is 35.3 Å². The highest BCUT2D eigenvalue weighted by molar-refractivity contribution is 5.85. The maximum Gasteiger partial charge on any atom is 0.231 e. The molecule has 3 rings (SSSR count). The zero-order valence-corrected chi connectivity index (χ0v) is 11.6. The molecule has 2 atom stereocenters. The molecule has 1 N–H and O–H groups in total. The Morgan fingerprint density at radius 1 is 1.42 bits per heavy atom. The molecule has 2 aliphatic rings. The minimum Gasteiger partial charge on any atom is -0.342 e. The smallest absolute Gasteiger partial charge is 0.231 e. The third kappa shape index (κ3) is 2.39. The number of nitrogens with one attached hydrogen (secondary N) is 1. The molecule has 2 unspecified atom stereocenters. The topological polar surface area (TPSA) is 32.3 Å². The van der Waals surface area contributed by atoms with Crippen LogP contribution in [-0.4, -0.2) is 30.4 Å². The van der Waals surface area contributed by atoms with Crippen molar-refractivity contribution >= 4 is 5.91 Å². The molecule has 3 nitrogen and oxygen atoms in total. The molecule has 1 aromatic rings. The molecule has 102 valence electrons. The lowest BCUT2D eigenvalue weighted by atomic mass is 9.90. The number of likely N-dealkylation sites (tertiary alicyclic amines) is 1. The van der Waals surface area contributed by atoms with Crippen LogP contribution < -0.4 is 5.32 Å². The number of amides is 1. The van der Waals surface area contributed by atoms with Crippen molar-refractivity contribution in [2.24, 2.45) is 5.92 Å². The van der Waals surface area contributed by atoms with Crippen LogP contribution in [-0.2, 0) is 11.3 Å². The molecule has 2 aliphatic heterocycles. The Bertz CT molecular complexity index is 472. The molecule has 1 fully saturated rings. The molecule has 0 spiro atoms. The predicted octanol–water partition coefficient (Wildman–Crippen LogP) is 2.13. The van der Waals surface area contributed by atoms with E-state index < -0.39 is 0 Å². The molecular weight excluding hydrogens is 236 g/mol. The number of carbonyl (C=O) groups excluding carboxylic acids is 1. The van der Waals surface area contributed by atoms with Crippen molar-refractivity contribution in [3.63, 3.8) is 0 Å². The molecule has 0 saturated carbocycles. The molecule has 0 aromatic heterocycles. The summed E-state index contributed by atoms with van der Waals surface area (Å²) in [6.45, 7) is 5.78. The van der Waals surface area contributed by atoms with Crippen molar-refractivity contribution in [3.05, 3.63) is 35.4 Å². The number of benzene rings is 1. The van der Waals surface area contributed by atoms with E-state index in [-0.39, 0.29) is 5.92 Å². The lowest BCUT2D eigenvalue weighted by Gasteiger charge is -2.29. The molecule has 3 heteroatoms. The molecule has 0 radical (unpaired) electrons. The van der Waals surface area contributed by atoms with Gasteiger partial charge in [0.25, 0.3) is 0 Å². The number of hydrogen-bond acceptors (Lipinski definition) is 2.